The molecule has 34 heavy (non-hydrogen) atoms. The van der Waals surface area contributed by atoms with Crippen LogP contribution in [0.25, 0.3) is 0 Å². The van der Waals surface area contributed by atoms with E-state index in [1.54, 1.807) is 27.7 Å². The molecule has 9 nitrogen and oxygen atoms in total. The molecule has 0 aliphatic carbocycles. The van der Waals surface area contributed by atoms with Crippen LogP contribution in [-0.4, -0.2) is 53.6 Å². The average molecular weight is 477 g/mol. The standard InChI is InChI=1S/C25H40N4O5/c1-17(16-26-23(33)34-25(5,6)7)27-22(32)19(15-21(31)29-24(2,3)4)28-20(30)14-13-18-11-9-8-10-12-18/h8-12,17,19H,13-16H2,1-7H3,(H,26,33)(H,27,32)(H,28,30)(H,29,31). The molecule has 0 saturated carbocycles. The number of rotatable bonds is 10. The molecular formula is C25H40N4O5. The summed E-state index contributed by atoms with van der Waals surface area (Å²) in [6.07, 6.45) is -0.0914. The third kappa shape index (κ3) is 13.4. The molecule has 0 aliphatic heterocycles. The largest absolute Gasteiger partial charge is 0.444 e. The van der Waals surface area contributed by atoms with Crippen LogP contribution in [0.2, 0.25) is 0 Å². The highest BCUT2D eigenvalue weighted by atomic mass is 16.6. The maximum absolute atomic E-state index is 12.9. The molecule has 190 valence electrons. The summed E-state index contributed by atoms with van der Waals surface area (Å²) in [5, 5.41) is 10.8. The monoisotopic (exact) mass is 476 g/mol. The summed E-state index contributed by atoms with van der Waals surface area (Å²) in [5.41, 5.74) is -0.0995. The maximum Gasteiger partial charge on any atom is 0.407 e. The molecule has 0 aliphatic rings. The second kappa shape index (κ2) is 13.0. The highest BCUT2D eigenvalue weighted by Crippen LogP contribution is 2.07. The number of hydrogen-bond acceptors (Lipinski definition) is 5. The number of aryl methyl sites for hydroxylation is 1. The van der Waals surface area contributed by atoms with E-state index in [2.05, 4.69) is 21.3 Å². The Morgan fingerprint density at radius 3 is 2.09 bits per heavy atom. The molecule has 9 heteroatoms. The van der Waals surface area contributed by atoms with E-state index >= 15 is 0 Å². The smallest absolute Gasteiger partial charge is 0.407 e. The quantitative estimate of drug-likeness (QED) is 0.413. The molecule has 0 fully saturated rings. The van der Waals surface area contributed by atoms with Gasteiger partial charge in [-0.1, -0.05) is 30.3 Å². The van der Waals surface area contributed by atoms with Crippen LogP contribution >= 0.6 is 0 Å². The van der Waals surface area contributed by atoms with Crippen LogP contribution in [0.1, 0.15) is 66.9 Å². The molecule has 1 aromatic rings. The van der Waals surface area contributed by atoms with Gasteiger partial charge in [-0.3, -0.25) is 14.4 Å². The molecule has 0 saturated heterocycles. The lowest BCUT2D eigenvalue weighted by atomic mass is 10.1. The maximum atomic E-state index is 12.9. The Morgan fingerprint density at radius 1 is 0.912 bits per heavy atom. The number of ether oxygens (including phenoxy) is 1. The van der Waals surface area contributed by atoms with Crippen LogP contribution in [0.4, 0.5) is 4.79 Å². The lowest BCUT2D eigenvalue weighted by Gasteiger charge is -2.25. The molecule has 0 aromatic heterocycles. The zero-order valence-electron chi connectivity index (χ0n) is 21.4. The van der Waals surface area contributed by atoms with Crippen molar-refractivity contribution >= 4 is 23.8 Å². The number of carbonyl (C=O) groups is 4. The zero-order valence-corrected chi connectivity index (χ0v) is 21.4. The lowest BCUT2D eigenvalue weighted by molar-refractivity contribution is -0.132. The molecule has 4 N–H and O–H groups in total. The normalized spacial score (nSPS) is 13.3. The summed E-state index contributed by atoms with van der Waals surface area (Å²) in [4.78, 5) is 49.7. The molecule has 2 unspecified atom stereocenters. The van der Waals surface area contributed by atoms with Gasteiger partial charge in [0.1, 0.15) is 11.6 Å². The van der Waals surface area contributed by atoms with Gasteiger partial charge in [-0.15, -0.1) is 0 Å². The molecular weight excluding hydrogens is 436 g/mol. The van der Waals surface area contributed by atoms with Crippen molar-refractivity contribution in [2.45, 2.75) is 91.0 Å². The minimum absolute atomic E-state index is 0.128. The fourth-order valence-electron chi connectivity index (χ4n) is 2.98. The van der Waals surface area contributed by atoms with Crippen molar-refractivity contribution in [2.75, 3.05) is 6.54 Å². The average Bonchev–Trinajstić information content (AvgIpc) is 2.68. The van der Waals surface area contributed by atoms with Crippen molar-refractivity contribution in [3.8, 4) is 0 Å². The zero-order chi connectivity index (χ0) is 25.9. The molecule has 1 aromatic carbocycles. The first-order valence-corrected chi connectivity index (χ1v) is 11.6. The highest BCUT2D eigenvalue weighted by Gasteiger charge is 2.27. The minimum Gasteiger partial charge on any atom is -0.444 e. The van der Waals surface area contributed by atoms with Crippen LogP contribution in [0.3, 0.4) is 0 Å². The summed E-state index contributed by atoms with van der Waals surface area (Å²) in [7, 11) is 0. The predicted octanol–water partition coefficient (Wildman–Crippen LogP) is 2.44. The Hall–Kier alpha value is -3.10. The second-order valence-corrected chi connectivity index (χ2v) is 10.4. The van der Waals surface area contributed by atoms with Gasteiger partial charge >= 0.3 is 6.09 Å². The van der Waals surface area contributed by atoms with Crippen LogP contribution in [0, 0.1) is 0 Å². The van der Waals surface area contributed by atoms with Crippen molar-refractivity contribution in [1.82, 2.24) is 21.3 Å². The van der Waals surface area contributed by atoms with Gasteiger partial charge in [0.2, 0.25) is 17.7 Å². The Balaban J connectivity index is 2.71. The van der Waals surface area contributed by atoms with Crippen LogP contribution in [0.5, 0.6) is 0 Å². The molecule has 0 heterocycles. The van der Waals surface area contributed by atoms with E-state index in [1.807, 2.05) is 51.1 Å². The van der Waals surface area contributed by atoms with E-state index in [0.717, 1.165) is 5.56 Å². The summed E-state index contributed by atoms with van der Waals surface area (Å²) >= 11 is 0. The van der Waals surface area contributed by atoms with Gasteiger partial charge in [-0.2, -0.15) is 0 Å². The van der Waals surface area contributed by atoms with Crippen LogP contribution < -0.4 is 21.3 Å². The number of hydrogen-bond donors (Lipinski definition) is 4. The van der Waals surface area contributed by atoms with E-state index in [-0.39, 0.29) is 31.2 Å². The Kier molecular flexibility index (Phi) is 11.0. The third-order valence-corrected chi connectivity index (χ3v) is 4.38. The lowest BCUT2D eigenvalue weighted by Crippen LogP contribution is -2.54. The molecule has 2 atom stereocenters. The number of benzene rings is 1. The molecule has 0 bridgehead atoms. The molecule has 4 amide bonds. The second-order valence-electron chi connectivity index (χ2n) is 10.4. The van der Waals surface area contributed by atoms with E-state index in [9.17, 15) is 19.2 Å². The first kappa shape index (κ1) is 28.9. The number of alkyl carbamates (subject to hydrolysis) is 1. The van der Waals surface area contributed by atoms with Gasteiger partial charge < -0.3 is 26.0 Å². The Morgan fingerprint density at radius 2 is 1.53 bits per heavy atom. The van der Waals surface area contributed by atoms with Gasteiger partial charge in [0.05, 0.1) is 6.42 Å². The van der Waals surface area contributed by atoms with Crippen molar-refractivity contribution in [3.05, 3.63) is 35.9 Å². The fourth-order valence-corrected chi connectivity index (χ4v) is 2.98. The van der Waals surface area contributed by atoms with Gasteiger partial charge in [0.15, 0.2) is 0 Å². The summed E-state index contributed by atoms with van der Waals surface area (Å²) < 4.78 is 5.18. The van der Waals surface area contributed by atoms with Gasteiger partial charge in [-0.05, 0) is 60.5 Å². The summed E-state index contributed by atoms with van der Waals surface area (Å²) in [6.45, 7) is 12.6. The third-order valence-electron chi connectivity index (χ3n) is 4.38. The number of carbonyl (C=O) groups excluding carboxylic acids is 4. The van der Waals surface area contributed by atoms with Gasteiger partial charge in [0, 0.05) is 24.5 Å². The van der Waals surface area contributed by atoms with Crippen LogP contribution in [-0.2, 0) is 25.5 Å². The number of amides is 4. The molecule has 0 spiro atoms. The van der Waals surface area contributed by atoms with E-state index < -0.39 is 35.2 Å². The Bertz CT molecular complexity index is 828. The summed E-state index contributed by atoms with van der Waals surface area (Å²) in [5.74, 6) is -1.18. The predicted molar refractivity (Wildman–Crippen MR) is 131 cm³/mol. The SMILES string of the molecule is CC(CNC(=O)OC(C)(C)C)NC(=O)C(CC(=O)NC(C)(C)C)NC(=O)CCc1ccccc1. The fraction of sp³-hybridized carbons (Fsp3) is 0.600. The topological polar surface area (TPSA) is 126 Å². The minimum atomic E-state index is -1.05. The highest BCUT2D eigenvalue weighted by molar-refractivity contribution is 5.92. The van der Waals surface area contributed by atoms with Crippen LogP contribution in [0.15, 0.2) is 30.3 Å². The molecule has 0 radical (unpaired) electrons. The van der Waals surface area contributed by atoms with Crippen molar-refractivity contribution in [2.24, 2.45) is 0 Å². The van der Waals surface area contributed by atoms with Gasteiger partial charge in [-0.25, -0.2) is 4.79 Å². The Labute approximate surface area is 202 Å². The van der Waals surface area contributed by atoms with E-state index in [4.69, 9.17) is 4.74 Å². The summed E-state index contributed by atoms with van der Waals surface area (Å²) in [6, 6.07) is 8.04. The van der Waals surface area contributed by atoms with Crippen molar-refractivity contribution < 1.29 is 23.9 Å². The van der Waals surface area contributed by atoms with Crippen molar-refractivity contribution in [3.63, 3.8) is 0 Å². The first-order chi connectivity index (χ1) is 15.6. The van der Waals surface area contributed by atoms with E-state index in [1.165, 1.54) is 0 Å². The first-order valence-electron chi connectivity index (χ1n) is 11.6. The van der Waals surface area contributed by atoms with Gasteiger partial charge in [0.25, 0.3) is 0 Å². The number of nitrogens with one attached hydrogen (secondary N) is 4. The van der Waals surface area contributed by atoms with Crippen molar-refractivity contribution in [1.29, 1.82) is 0 Å². The van der Waals surface area contributed by atoms with E-state index in [0.29, 0.717) is 6.42 Å². The molecule has 1 rings (SSSR count).